The third-order valence-electron chi connectivity index (χ3n) is 3.46. The number of amides is 1. The highest BCUT2D eigenvalue weighted by atomic mass is 16.5. The SMILES string of the molecule is O=C(CCNC1COc2cc(O)ccc21)NC1CC1. The van der Waals surface area contributed by atoms with E-state index in [0.29, 0.717) is 25.6 Å². The Morgan fingerprint density at radius 2 is 2.26 bits per heavy atom. The van der Waals surface area contributed by atoms with Crippen molar-refractivity contribution in [3.05, 3.63) is 23.8 Å². The van der Waals surface area contributed by atoms with E-state index in [1.165, 1.54) is 0 Å². The van der Waals surface area contributed by atoms with Crippen LogP contribution in [0.25, 0.3) is 0 Å². The Kier molecular flexibility index (Phi) is 3.29. The predicted octanol–water partition coefficient (Wildman–Crippen LogP) is 1.08. The molecule has 1 amide bonds. The molecule has 1 aromatic carbocycles. The summed E-state index contributed by atoms with van der Waals surface area (Å²) in [4.78, 5) is 11.5. The van der Waals surface area contributed by atoms with E-state index in [2.05, 4.69) is 10.6 Å². The lowest BCUT2D eigenvalue weighted by Gasteiger charge is -2.11. The van der Waals surface area contributed by atoms with Crippen molar-refractivity contribution in [2.24, 2.45) is 0 Å². The minimum atomic E-state index is 0.101. The summed E-state index contributed by atoms with van der Waals surface area (Å²) in [6.07, 6.45) is 2.72. The van der Waals surface area contributed by atoms with Crippen LogP contribution in [0.3, 0.4) is 0 Å². The first-order valence-electron chi connectivity index (χ1n) is 6.71. The van der Waals surface area contributed by atoms with Crippen molar-refractivity contribution >= 4 is 5.91 Å². The molecule has 5 heteroatoms. The van der Waals surface area contributed by atoms with Crippen LogP contribution in [0.5, 0.6) is 11.5 Å². The highest BCUT2D eigenvalue weighted by Crippen LogP contribution is 2.34. The number of hydrogen-bond donors (Lipinski definition) is 3. The van der Waals surface area contributed by atoms with E-state index in [1.54, 1.807) is 12.1 Å². The van der Waals surface area contributed by atoms with Gasteiger partial charge >= 0.3 is 0 Å². The van der Waals surface area contributed by atoms with Crippen LogP contribution < -0.4 is 15.4 Å². The lowest BCUT2D eigenvalue weighted by atomic mass is 10.1. The van der Waals surface area contributed by atoms with Crippen LogP contribution in [0.15, 0.2) is 18.2 Å². The number of hydrogen-bond acceptors (Lipinski definition) is 4. The van der Waals surface area contributed by atoms with Crippen molar-refractivity contribution in [3.63, 3.8) is 0 Å². The van der Waals surface area contributed by atoms with Gasteiger partial charge in [0, 0.05) is 30.6 Å². The maximum Gasteiger partial charge on any atom is 0.221 e. The second-order valence-electron chi connectivity index (χ2n) is 5.13. The first-order chi connectivity index (χ1) is 9.22. The number of aromatic hydroxyl groups is 1. The van der Waals surface area contributed by atoms with E-state index in [4.69, 9.17) is 4.74 Å². The number of ether oxygens (including phenoxy) is 1. The summed E-state index contributed by atoms with van der Waals surface area (Å²) in [5.41, 5.74) is 1.04. The molecule has 1 atom stereocenters. The molecule has 0 radical (unpaired) electrons. The van der Waals surface area contributed by atoms with Crippen LogP contribution in [0.1, 0.15) is 30.9 Å². The number of phenols is 1. The topological polar surface area (TPSA) is 70.6 Å². The van der Waals surface area contributed by atoms with Crippen LogP contribution in [-0.2, 0) is 4.79 Å². The van der Waals surface area contributed by atoms with Crippen molar-refractivity contribution in [1.29, 1.82) is 0 Å². The lowest BCUT2D eigenvalue weighted by molar-refractivity contribution is -0.121. The summed E-state index contributed by atoms with van der Waals surface area (Å²) in [5.74, 6) is 1.04. The lowest BCUT2D eigenvalue weighted by Crippen LogP contribution is -2.31. The molecule has 1 aromatic rings. The fraction of sp³-hybridized carbons (Fsp3) is 0.500. The van der Waals surface area contributed by atoms with Crippen molar-refractivity contribution in [2.75, 3.05) is 13.2 Å². The Morgan fingerprint density at radius 3 is 3.05 bits per heavy atom. The van der Waals surface area contributed by atoms with Gasteiger partial charge in [-0.1, -0.05) is 0 Å². The van der Waals surface area contributed by atoms with Crippen LogP contribution in [0, 0.1) is 0 Å². The molecular formula is C14H18N2O3. The minimum Gasteiger partial charge on any atom is -0.508 e. The highest BCUT2D eigenvalue weighted by molar-refractivity contribution is 5.76. The zero-order valence-corrected chi connectivity index (χ0v) is 10.7. The number of carbonyl (C=O) groups excluding carboxylic acids is 1. The molecule has 5 nitrogen and oxygen atoms in total. The molecule has 1 unspecified atom stereocenters. The normalized spacial score (nSPS) is 20.7. The van der Waals surface area contributed by atoms with Crippen molar-refractivity contribution in [2.45, 2.75) is 31.3 Å². The number of nitrogens with one attached hydrogen (secondary N) is 2. The number of carbonyl (C=O) groups is 1. The van der Waals surface area contributed by atoms with Crippen molar-refractivity contribution in [1.82, 2.24) is 10.6 Å². The monoisotopic (exact) mass is 262 g/mol. The average molecular weight is 262 g/mol. The Morgan fingerprint density at radius 1 is 1.42 bits per heavy atom. The van der Waals surface area contributed by atoms with Gasteiger partial charge in [-0.05, 0) is 25.0 Å². The fourth-order valence-electron chi connectivity index (χ4n) is 2.26. The number of fused-ring (bicyclic) bond motifs is 1. The molecule has 1 saturated carbocycles. The number of benzene rings is 1. The van der Waals surface area contributed by atoms with Crippen molar-refractivity contribution in [3.8, 4) is 11.5 Å². The molecule has 0 saturated heterocycles. The molecule has 3 rings (SSSR count). The quantitative estimate of drug-likeness (QED) is 0.742. The first-order valence-corrected chi connectivity index (χ1v) is 6.71. The molecule has 1 fully saturated rings. The molecule has 3 N–H and O–H groups in total. The van der Waals surface area contributed by atoms with Gasteiger partial charge in [-0.15, -0.1) is 0 Å². The van der Waals surface area contributed by atoms with E-state index in [-0.39, 0.29) is 17.7 Å². The molecule has 0 spiro atoms. The summed E-state index contributed by atoms with van der Waals surface area (Å²) in [6.45, 7) is 1.18. The third-order valence-corrected chi connectivity index (χ3v) is 3.46. The molecular weight excluding hydrogens is 244 g/mol. The highest BCUT2D eigenvalue weighted by Gasteiger charge is 2.25. The van der Waals surface area contributed by atoms with Crippen LogP contribution in [0.2, 0.25) is 0 Å². The van der Waals surface area contributed by atoms with Crippen LogP contribution in [-0.4, -0.2) is 30.2 Å². The molecule has 1 heterocycles. The van der Waals surface area contributed by atoms with Gasteiger partial charge in [0.2, 0.25) is 5.91 Å². The second kappa shape index (κ2) is 5.09. The molecule has 102 valence electrons. The van der Waals surface area contributed by atoms with Crippen molar-refractivity contribution < 1.29 is 14.6 Å². The van der Waals surface area contributed by atoms with E-state index in [1.807, 2.05) is 6.07 Å². The summed E-state index contributed by atoms with van der Waals surface area (Å²) in [7, 11) is 0. The zero-order chi connectivity index (χ0) is 13.2. The Labute approximate surface area is 112 Å². The Balaban J connectivity index is 1.48. The molecule has 0 aromatic heterocycles. The van der Waals surface area contributed by atoms with Gasteiger partial charge in [0.05, 0.1) is 6.04 Å². The second-order valence-corrected chi connectivity index (χ2v) is 5.13. The number of phenolic OH excluding ortho intramolecular Hbond substituents is 1. The van der Waals surface area contributed by atoms with Gasteiger partial charge in [0.25, 0.3) is 0 Å². The van der Waals surface area contributed by atoms with E-state index in [0.717, 1.165) is 24.2 Å². The largest absolute Gasteiger partial charge is 0.508 e. The maximum atomic E-state index is 11.5. The average Bonchev–Trinajstić information content (AvgIpc) is 3.10. The van der Waals surface area contributed by atoms with E-state index >= 15 is 0 Å². The third kappa shape index (κ3) is 2.98. The Bertz CT molecular complexity index is 486. The summed E-state index contributed by atoms with van der Waals surface area (Å²) in [6, 6.07) is 5.66. The molecule has 0 bridgehead atoms. The van der Waals surface area contributed by atoms with Crippen LogP contribution in [0.4, 0.5) is 0 Å². The van der Waals surface area contributed by atoms with E-state index in [9.17, 15) is 9.90 Å². The maximum absolute atomic E-state index is 11.5. The summed E-state index contributed by atoms with van der Waals surface area (Å²) in [5, 5.41) is 15.6. The first kappa shape index (κ1) is 12.3. The van der Waals surface area contributed by atoms with Gasteiger partial charge in [-0.3, -0.25) is 4.79 Å². The van der Waals surface area contributed by atoms with Crippen LogP contribution >= 0.6 is 0 Å². The van der Waals surface area contributed by atoms with Gasteiger partial charge < -0.3 is 20.5 Å². The predicted molar refractivity (Wildman–Crippen MR) is 70.1 cm³/mol. The number of rotatable bonds is 5. The van der Waals surface area contributed by atoms with E-state index < -0.39 is 0 Å². The van der Waals surface area contributed by atoms with Gasteiger partial charge in [-0.2, -0.15) is 0 Å². The molecule has 19 heavy (non-hydrogen) atoms. The fourth-order valence-corrected chi connectivity index (χ4v) is 2.26. The zero-order valence-electron chi connectivity index (χ0n) is 10.7. The Hall–Kier alpha value is -1.75. The van der Waals surface area contributed by atoms with Gasteiger partial charge in [-0.25, -0.2) is 0 Å². The van der Waals surface area contributed by atoms with Gasteiger partial charge in [0.1, 0.15) is 18.1 Å². The summed E-state index contributed by atoms with van der Waals surface area (Å²) >= 11 is 0. The standard InChI is InChI=1S/C14H18N2O3/c17-10-3-4-11-12(8-19-13(11)7-10)15-6-5-14(18)16-9-1-2-9/h3-4,7,9,12,15,17H,1-2,5-6,8H2,(H,16,18). The molecule has 2 aliphatic rings. The van der Waals surface area contributed by atoms with Gasteiger partial charge in [0.15, 0.2) is 0 Å². The molecule has 1 aliphatic heterocycles. The molecule has 1 aliphatic carbocycles. The summed E-state index contributed by atoms with van der Waals surface area (Å²) < 4.78 is 5.50. The minimum absolute atomic E-state index is 0.101. The smallest absolute Gasteiger partial charge is 0.221 e.